The van der Waals surface area contributed by atoms with Crippen molar-refractivity contribution in [3.05, 3.63) is 64.3 Å². The summed E-state index contributed by atoms with van der Waals surface area (Å²) in [7, 11) is 0. The third kappa shape index (κ3) is 5.54. The highest BCUT2D eigenvalue weighted by Crippen LogP contribution is 2.40. The molecular weight excluding hydrogens is 547 g/mol. The molecule has 2 fully saturated rings. The van der Waals surface area contributed by atoms with Crippen molar-refractivity contribution in [2.45, 2.75) is 50.2 Å². The molecule has 4 heterocycles. The average molecular weight is 574 g/mol. The van der Waals surface area contributed by atoms with Gasteiger partial charge in [0.15, 0.2) is 5.82 Å². The maximum absolute atomic E-state index is 13.0. The molecule has 1 aliphatic heterocycles. The number of alkyl halides is 3. The molecule has 0 spiro atoms. The molecule has 0 aromatic carbocycles. The van der Waals surface area contributed by atoms with Crippen LogP contribution in [0.1, 0.15) is 53.0 Å². The molecule has 1 saturated heterocycles. The van der Waals surface area contributed by atoms with Gasteiger partial charge in [-0.2, -0.15) is 23.5 Å². The standard InChI is InChI=1S/C27H27ClF3N7O2/c1-17-21(15-35-38(17)24-22(28)12-18(13-34-24)27(29,30)31)25(39)36-19-2-3-23(33-14-19)26(16-32)6-4-20(5-7-26)37-8-10-40-11-9-37/h2-3,12-15,20H,4-11H2,1H3,(H,36,39). The van der Waals surface area contributed by atoms with Crippen LogP contribution < -0.4 is 5.32 Å². The van der Waals surface area contributed by atoms with E-state index in [0.717, 1.165) is 45.2 Å². The van der Waals surface area contributed by atoms with Crippen LogP contribution in [0.2, 0.25) is 5.02 Å². The van der Waals surface area contributed by atoms with Gasteiger partial charge in [0.2, 0.25) is 0 Å². The lowest BCUT2D eigenvalue weighted by Crippen LogP contribution is -2.47. The molecule has 9 nitrogen and oxygen atoms in total. The van der Waals surface area contributed by atoms with Crippen molar-refractivity contribution in [1.82, 2.24) is 24.6 Å². The summed E-state index contributed by atoms with van der Waals surface area (Å²) in [6.45, 7) is 4.92. The predicted molar refractivity (Wildman–Crippen MR) is 140 cm³/mol. The first-order valence-electron chi connectivity index (χ1n) is 12.9. The molecule has 1 saturated carbocycles. The van der Waals surface area contributed by atoms with Crippen molar-refractivity contribution in [2.24, 2.45) is 0 Å². The fraction of sp³-hybridized carbons (Fsp3) is 0.444. The molecule has 0 radical (unpaired) electrons. The van der Waals surface area contributed by atoms with Gasteiger partial charge in [-0.1, -0.05) is 11.6 Å². The van der Waals surface area contributed by atoms with Crippen molar-refractivity contribution in [2.75, 3.05) is 31.6 Å². The molecule has 5 rings (SSSR count). The number of rotatable bonds is 5. The zero-order valence-corrected chi connectivity index (χ0v) is 22.5. The Labute approximate surface area is 233 Å². The van der Waals surface area contributed by atoms with Crippen LogP contribution in [-0.4, -0.2) is 62.9 Å². The molecule has 0 bridgehead atoms. The zero-order chi connectivity index (χ0) is 28.5. The van der Waals surface area contributed by atoms with Crippen molar-refractivity contribution < 1.29 is 22.7 Å². The molecule has 210 valence electrons. The first-order chi connectivity index (χ1) is 19.1. The van der Waals surface area contributed by atoms with E-state index in [0.29, 0.717) is 42.2 Å². The third-order valence-corrected chi connectivity index (χ3v) is 7.98. The molecule has 3 aromatic heterocycles. The maximum atomic E-state index is 13.0. The Morgan fingerprint density at radius 2 is 1.90 bits per heavy atom. The van der Waals surface area contributed by atoms with Crippen LogP contribution in [0.15, 0.2) is 36.8 Å². The molecule has 0 unspecified atom stereocenters. The van der Waals surface area contributed by atoms with Gasteiger partial charge in [-0.3, -0.25) is 14.7 Å². The minimum absolute atomic E-state index is 0.0256. The van der Waals surface area contributed by atoms with Crippen molar-refractivity contribution in [3.8, 4) is 11.9 Å². The number of carbonyl (C=O) groups is 1. The normalized spacial score (nSPS) is 22.1. The third-order valence-electron chi connectivity index (χ3n) is 7.70. The minimum atomic E-state index is -4.59. The SMILES string of the molecule is Cc1c(C(=O)Nc2ccc(C3(C#N)CCC(N4CCOCC4)CC3)nc2)cnn1-c1ncc(C(F)(F)F)cc1Cl. The molecule has 1 N–H and O–H groups in total. The van der Waals surface area contributed by atoms with Crippen LogP contribution >= 0.6 is 11.6 Å². The number of amides is 1. The predicted octanol–water partition coefficient (Wildman–Crippen LogP) is 4.93. The molecular formula is C27H27ClF3N7O2. The van der Waals surface area contributed by atoms with Crippen LogP contribution in [-0.2, 0) is 16.3 Å². The second-order valence-electron chi connectivity index (χ2n) is 10.0. The average Bonchev–Trinajstić information content (AvgIpc) is 3.34. The quantitative estimate of drug-likeness (QED) is 0.461. The van der Waals surface area contributed by atoms with E-state index in [9.17, 15) is 23.2 Å². The number of morpholine rings is 1. The Balaban J connectivity index is 1.26. The summed E-state index contributed by atoms with van der Waals surface area (Å²) in [5.74, 6) is -0.510. The highest BCUT2D eigenvalue weighted by atomic mass is 35.5. The molecule has 1 amide bonds. The van der Waals surface area contributed by atoms with Crippen LogP contribution in [0.25, 0.3) is 5.82 Å². The van der Waals surface area contributed by atoms with Gasteiger partial charge in [0.25, 0.3) is 5.91 Å². The summed E-state index contributed by atoms with van der Waals surface area (Å²) < 4.78 is 45.5. The number of nitriles is 1. The van der Waals surface area contributed by atoms with Gasteiger partial charge in [-0.05, 0) is 50.8 Å². The Hall–Kier alpha value is -3.53. The number of hydrogen-bond acceptors (Lipinski definition) is 7. The van der Waals surface area contributed by atoms with E-state index in [1.807, 2.05) is 0 Å². The van der Waals surface area contributed by atoms with Gasteiger partial charge in [-0.15, -0.1) is 0 Å². The van der Waals surface area contributed by atoms with E-state index in [4.69, 9.17) is 16.3 Å². The highest BCUT2D eigenvalue weighted by Gasteiger charge is 2.40. The molecule has 40 heavy (non-hydrogen) atoms. The largest absolute Gasteiger partial charge is 0.417 e. The van der Waals surface area contributed by atoms with E-state index in [2.05, 4.69) is 31.4 Å². The Kier molecular flexibility index (Phi) is 7.81. The van der Waals surface area contributed by atoms with Crippen LogP contribution in [0.5, 0.6) is 0 Å². The van der Waals surface area contributed by atoms with E-state index < -0.39 is 23.1 Å². The molecule has 1 aliphatic carbocycles. The first-order valence-corrected chi connectivity index (χ1v) is 13.3. The topological polar surface area (TPSA) is 109 Å². The van der Waals surface area contributed by atoms with E-state index >= 15 is 0 Å². The smallest absolute Gasteiger partial charge is 0.379 e. The van der Waals surface area contributed by atoms with Crippen LogP contribution in [0.3, 0.4) is 0 Å². The summed E-state index contributed by atoms with van der Waals surface area (Å²) >= 11 is 6.05. The Morgan fingerprint density at radius 1 is 1.18 bits per heavy atom. The minimum Gasteiger partial charge on any atom is -0.379 e. The number of halogens is 4. The second kappa shape index (κ2) is 11.2. The van der Waals surface area contributed by atoms with Gasteiger partial charge in [-0.25, -0.2) is 9.67 Å². The number of pyridine rings is 2. The lowest BCUT2D eigenvalue weighted by molar-refractivity contribution is -0.137. The summed E-state index contributed by atoms with van der Waals surface area (Å²) in [4.78, 5) is 23.8. The summed E-state index contributed by atoms with van der Waals surface area (Å²) in [5, 5.41) is 16.7. The number of hydrogen-bond donors (Lipinski definition) is 1. The zero-order valence-electron chi connectivity index (χ0n) is 21.7. The van der Waals surface area contributed by atoms with Crippen LogP contribution in [0, 0.1) is 18.3 Å². The maximum Gasteiger partial charge on any atom is 0.417 e. The number of nitrogens with zero attached hydrogens (tertiary/aromatic N) is 6. The molecule has 13 heteroatoms. The summed E-state index contributed by atoms with van der Waals surface area (Å²) in [6.07, 6.45) is 2.14. The summed E-state index contributed by atoms with van der Waals surface area (Å²) in [6, 6.07) is 7.20. The number of nitrogens with one attached hydrogen (secondary N) is 1. The van der Waals surface area contributed by atoms with Crippen LogP contribution in [0.4, 0.5) is 18.9 Å². The monoisotopic (exact) mass is 573 g/mol. The lowest BCUT2D eigenvalue weighted by Gasteiger charge is -2.41. The molecule has 2 aliphatic rings. The fourth-order valence-electron chi connectivity index (χ4n) is 5.37. The summed E-state index contributed by atoms with van der Waals surface area (Å²) in [5.41, 5.74) is -0.00402. The van der Waals surface area contributed by atoms with E-state index in [1.165, 1.54) is 17.1 Å². The van der Waals surface area contributed by atoms with E-state index in [-0.39, 0.29) is 16.4 Å². The van der Waals surface area contributed by atoms with Gasteiger partial charge >= 0.3 is 6.18 Å². The Bertz CT molecular complexity index is 1420. The van der Waals surface area contributed by atoms with Crippen molar-refractivity contribution in [1.29, 1.82) is 5.26 Å². The number of aromatic nitrogens is 4. The van der Waals surface area contributed by atoms with Gasteiger partial charge in [0.1, 0.15) is 0 Å². The number of anilines is 1. The lowest BCUT2D eigenvalue weighted by atomic mass is 9.71. The second-order valence-corrected chi connectivity index (χ2v) is 10.4. The van der Waals surface area contributed by atoms with E-state index in [1.54, 1.807) is 19.1 Å². The molecule has 3 aromatic rings. The molecule has 0 atom stereocenters. The Morgan fingerprint density at radius 3 is 2.50 bits per heavy atom. The fourth-order valence-corrected chi connectivity index (χ4v) is 5.61. The highest BCUT2D eigenvalue weighted by molar-refractivity contribution is 6.32. The number of ether oxygens (including phenoxy) is 1. The van der Waals surface area contributed by atoms with Crippen molar-refractivity contribution >= 4 is 23.2 Å². The van der Waals surface area contributed by atoms with Gasteiger partial charge in [0, 0.05) is 25.3 Å². The first kappa shape index (κ1) is 28.0. The van der Waals surface area contributed by atoms with Crippen molar-refractivity contribution in [3.63, 3.8) is 0 Å². The van der Waals surface area contributed by atoms with Gasteiger partial charge < -0.3 is 10.1 Å². The number of carbonyl (C=O) groups excluding carboxylic acids is 1. The van der Waals surface area contributed by atoms with Gasteiger partial charge in [0.05, 0.1) is 70.3 Å².